The van der Waals surface area contributed by atoms with Gasteiger partial charge in [-0.15, -0.1) is 0 Å². The summed E-state index contributed by atoms with van der Waals surface area (Å²) in [5, 5.41) is 0. The van der Waals surface area contributed by atoms with Gasteiger partial charge in [0.05, 0.1) is 14.2 Å². The molecule has 1 fully saturated rings. The Balaban J connectivity index is 2.32. The standard InChI is InChI=1S/C14H21NO2/c1-16-12-5-4-11(10-13(12)17-2)14(8-9-15)6-3-7-14/h4-5,10H,3,6-9,15H2,1-2H3. The lowest BCUT2D eigenvalue weighted by Gasteiger charge is -2.42. The van der Waals surface area contributed by atoms with Crippen LogP contribution >= 0.6 is 0 Å². The molecule has 17 heavy (non-hydrogen) atoms. The molecule has 2 rings (SSSR count). The van der Waals surface area contributed by atoms with Gasteiger partial charge in [-0.2, -0.15) is 0 Å². The maximum absolute atomic E-state index is 5.73. The predicted octanol–water partition coefficient (Wildman–Crippen LogP) is 2.47. The van der Waals surface area contributed by atoms with E-state index in [9.17, 15) is 0 Å². The van der Waals surface area contributed by atoms with Crippen molar-refractivity contribution in [2.45, 2.75) is 31.1 Å². The molecule has 0 unspecified atom stereocenters. The second-order valence-electron chi connectivity index (χ2n) is 4.74. The van der Waals surface area contributed by atoms with Gasteiger partial charge >= 0.3 is 0 Å². The first-order valence-corrected chi connectivity index (χ1v) is 6.18. The summed E-state index contributed by atoms with van der Waals surface area (Å²) in [6, 6.07) is 6.24. The molecule has 0 atom stereocenters. The molecule has 0 aromatic heterocycles. The summed E-state index contributed by atoms with van der Waals surface area (Å²) in [6.07, 6.45) is 4.83. The highest BCUT2D eigenvalue weighted by molar-refractivity contribution is 5.45. The molecule has 1 aliphatic carbocycles. The van der Waals surface area contributed by atoms with E-state index in [1.807, 2.05) is 6.07 Å². The zero-order valence-electron chi connectivity index (χ0n) is 10.7. The van der Waals surface area contributed by atoms with Crippen molar-refractivity contribution in [3.63, 3.8) is 0 Å². The third-order valence-electron chi connectivity index (χ3n) is 3.93. The average molecular weight is 235 g/mol. The van der Waals surface area contributed by atoms with Gasteiger partial charge in [0.25, 0.3) is 0 Å². The number of hydrogen-bond donors (Lipinski definition) is 1. The van der Waals surface area contributed by atoms with E-state index >= 15 is 0 Å². The van der Waals surface area contributed by atoms with Crippen LogP contribution in [0.3, 0.4) is 0 Å². The second kappa shape index (κ2) is 4.96. The van der Waals surface area contributed by atoms with E-state index in [1.54, 1.807) is 14.2 Å². The molecule has 0 aliphatic heterocycles. The van der Waals surface area contributed by atoms with E-state index in [0.29, 0.717) is 0 Å². The molecule has 1 aromatic rings. The Bertz CT molecular complexity index is 386. The highest BCUT2D eigenvalue weighted by Crippen LogP contribution is 2.47. The van der Waals surface area contributed by atoms with Crippen LogP contribution in [0.25, 0.3) is 0 Å². The van der Waals surface area contributed by atoms with E-state index in [2.05, 4.69) is 12.1 Å². The first kappa shape index (κ1) is 12.2. The fraction of sp³-hybridized carbons (Fsp3) is 0.571. The van der Waals surface area contributed by atoms with Crippen molar-refractivity contribution in [2.24, 2.45) is 5.73 Å². The van der Waals surface area contributed by atoms with Crippen LogP contribution in [0.5, 0.6) is 11.5 Å². The maximum Gasteiger partial charge on any atom is 0.161 e. The largest absolute Gasteiger partial charge is 0.493 e. The van der Waals surface area contributed by atoms with Crippen LogP contribution in [0, 0.1) is 0 Å². The molecule has 0 radical (unpaired) electrons. The molecule has 0 heterocycles. The van der Waals surface area contributed by atoms with Gasteiger partial charge in [-0.3, -0.25) is 0 Å². The van der Waals surface area contributed by atoms with Crippen LogP contribution in [-0.4, -0.2) is 20.8 Å². The highest BCUT2D eigenvalue weighted by Gasteiger charge is 2.38. The normalized spacial score (nSPS) is 17.4. The summed E-state index contributed by atoms with van der Waals surface area (Å²) in [6.45, 7) is 0.744. The number of hydrogen-bond acceptors (Lipinski definition) is 3. The van der Waals surface area contributed by atoms with E-state index in [0.717, 1.165) is 24.5 Å². The molecule has 1 aliphatic rings. The number of ether oxygens (including phenoxy) is 2. The lowest BCUT2D eigenvalue weighted by molar-refractivity contribution is 0.228. The summed E-state index contributed by atoms with van der Waals surface area (Å²) in [5.41, 5.74) is 7.36. The summed E-state index contributed by atoms with van der Waals surface area (Å²) >= 11 is 0. The number of nitrogens with two attached hydrogens (primary N) is 1. The van der Waals surface area contributed by atoms with Gasteiger partial charge in [-0.1, -0.05) is 12.5 Å². The smallest absolute Gasteiger partial charge is 0.161 e. The maximum atomic E-state index is 5.73. The molecule has 0 saturated heterocycles. The van der Waals surface area contributed by atoms with Crippen LogP contribution in [0.2, 0.25) is 0 Å². The molecule has 3 nitrogen and oxygen atoms in total. The Morgan fingerprint density at radius 2 is 1.88 bits per heavy atom. The monoisotopic (exact) mass is 235 g/mol. The van der Waals surface area contributed by atoms with Crippen molar-refractivity contribution in [1.82, 2.24) is 0 Å². The van der Waals surface area contributed by atoms with E-state index in [4.69, 9.17) is 15.2 Å². The predicted molar refractivity (Wildman–Crippen MR) is 68.7 cm³/mol. The molecule has 0 spiro atoms. The minimum absolute atomic E-state index is 0.286. The van der Waals surface area contributed by atoms with Crippen LogP contribution in [0.1, 0.15) is 31.2 Å². The van der Waals surface area contributed by atoms with Crippen molar-refractivity contribution >= 4 is 0 Å². The van der Waals surface area contributed by atoms with E-state index in [1.165, 1.54) is 24.8 Å². The van der Waals surface area contributed by atoms with Crippen LogP contribution in [0.15, 0.2) is 18.2 Å². The second-order valence-corrected chi connectivity index (χ2v) is 4.74. The molecule has 0 amide bonds. The summed E-state index contributed by atoms with van der Waals surface area (Å²) < 4.78 is 10.6. The Morgan fingerprint density at radius 3 is 2.35 bits per heavy atom. The van der Waals surface area contributed by atoms with Crippen LogP contribution in [0.4, 0.5) is 0 Å². The van der Waals surface area contributed by atoms with Crippen molar-refractivity contribution in [1.29, 1.82) is 0 Å². The fourth-order valence-electron chi connectivity index (χ4n) is 2.73. The average Bonchev–Trinajstić information content (AvgIpc) is 2.33. The van der Waals surface area contributed by atoms with Crippen LogP contribution < -0.4 is 15.2 Å². The molecule has 3 heteroatoms. The number of rotatable bonds is 5. The fourth-order valence-corrected chi connectivity index (χ4v) is 2.73. The molecule has 94 valence electrons. The summed E-state index contributed by atoms with van der Waals surface area (Å²) in [7, 11) is 3.34. The van der Waals surface area contributed by atoms with Gasteiger partial charge in [0.15, 0.2) is 11.5 Å². The highest BCUT2D eigenvalue weighted by atomic mass is 16.5. The SMILES string of the molecule is COc1ccc(C2(CCN)CCC2)cc1OC. The number of methoxy groups -OCH3 is 2. The minimum Gasteiger partial charge on any atom is -0.493 e. The molecule has 1 aromatic carbocycles. The molecule has 2 N–H and O–H groups in total. The molecular formula is C14H21NO2. The Kier molecular flexibility index (Phi) is 3.57. The first-order chi connectivity index (χ1) is 8.25. The van der Waals surface area contributed by atoms with Gasteiger partial charge in [-0.25, -0.2) is 0 Å². The summed E-state index contributed by atoms with van der Waals surface area (Å²) in [5.74, 6) is 1.60. The van der Waals surface area contributed by atoms with Gasteiger partial charge in [-0.05, 0) is 48.9 Å². The van der Waals surface area contributed by atoms with Crippen LogP contribution in [-0.2, 0) is 5.41 Å². The minimum atomic E-state index is 0.286. The quantitative estimate of drug-likeness (QED) is 0.852. The lowest BCUT2D eigenvalue weighted by Crippen LogP contribution is -2.36. The Morgan fingerprint density at radius 1 is 1.18 bits per heavy atom. The Hall–Kier alpha value is -1.22. The van der Waals surface area contributed by atoms with Gasteiger partial charge in [0, 0.05) is 0 Å². The zero-order valence-corrected chi connectivity index (χ0v) is 10.7. The molecule has 1 saturated carbocycles. The van der Waals surface area contributed by atoms with E-state index < -0.39 is 0 Å². The first-order valence-electron chi connectivity index (χ1n) is 6.18. The van der Waals surface area contributed by atoms with Crippen molar-refractivity contribution in [3.8, 4) is 11.5 Å². The zero-order chi connectivity index (χ0) is 12.3. The third-order valence-corrected chi connectivity index (χ3v) is 3.93. The van der Waals surface area contributed by atoms with Gasteiger partial charge in [0.1, 0.15) is 0 Å². The van der Waals surface area contributed by atoms with E-state index in [-0.39, 0.29) is 5.41 Å². The molecule has 0 bridgehead atoms. The molecular weight excluding hydrogens is 214 g/mol. The summed E-state index contributed by atoms with van der Waals surface area (Å²) in [4.78, 5) is 0. The third kappa shape index (κ3) is 2.12. The lowest BCUT2D eigenvalue weighted by atomic mass is 9.62. The number of benzene rings is 1. The van der Waals surface area contributed by atoms with Gasteiger partial charge < -0.3 is 15.2 Å². The van der Waals surface area contributed by atoms with Gasteiger partial charge in [0.2, 0.25) is 0 Å². The van der Waals surface area contributed by atoms with Crippen molar-refractivity contribution in [2.75, 3.05) is 20.8 Å². The van der Waals surface area contributed by atoms with Crippen molar-refractivity contribution in [3.05, 3.63) is 23.8 Å². The Labute approximate surface area is 103 Å². The topological polar surface area (TPSA) is 44.5 Å². The van der Waals surface area contributed by atoms with Crippen molar-refractivity contribution < 1.29 is 9.47 Å².